The predicted octanol–water partition coefficient (Wildman–Crippen LogP) is 2.63. The highest BCUT2D eigenvalue weighted by Crippen LogP contribution is 2.29. The average molecular weight is 248 g/mol. The predicted molar refractivity (Wildman–Crippen MR) is 68.6 cm³/mol. The zero-order chi connectivity index (χ0) is 13.9. The Bertz CT molecular complexity index is 527. The van der Waals surface area contributed by atoms with Gasteiger partial charge in [0.25, 0.3) is 0 Å². The van der Waals surface area contributed by atoms with Crippen molar-refractivity contribution in [3.63, 3.8) is 0 Å². The number of hydrogen-bond donors (Lipinski definition) is 1. The second-order valence-electron chi connectivity index (χ2n) is 4.12. The molecule has 4 heteroatoms. The minimum Gasteiger partial charge on any atom is -0.478 e. The van der Waals surface area contributed by atoms with Crippen LogP contribution in [0.2, 0.25) is 0 Å². The molecule has 0 radical (unpaired) electrons. The molecule has 0 unspecified atom stereocenters. The van der Waals surface area contributed by atoms with Gasteiger partial charge >= 0.3 is 11.9 Å². The summed E-state index contributed by atoms with van der Waals surface area (Å²) in [5.41, 5.74) is 3.58. The Morgan fingerprint density at radius 3 is 2.33 bits per heavy atom. The maximum absolute atomic E-state index is 11.0. The van der Waals surface area contributed by atoms with Crippen LogP contribution in [0.25, 0.3) is 6.08 Å². The lowest BCUT2D eigenvalue weighted by Crippen LogP contribution is -2.05. The number of carbonyl (C=O) groups is 2. The molecule has 1 aromatic carbocycles. The number of carboxylic acid groups (broad SMARTS) is 1. The summed E-state index contributed by atoms with van der Waals surface area (Å²) in [6, 6.07) is 1.74. The van der Waals surface area contributed by atoms with Gasteiger partial charge in [-0.2, -0.15) is 0 Å². The number of aliphatic carboxylic acids is 1. The van der Waals surface area contributed by atoms with Crippen LogP contribution in [-0.4, -0.2) is 17.0 Å². The van der Waals surface area contributed by atoms with Crippen LogP contribution in [0.1, 0.15) is 29.2 Å². The zero-order valence-electron chi connectivity index (χ0n) is 10.9. The number of ether oxygens (including phenoxy) is 1. The molecule has 0 bridgehead atoms. The Kier molecular flexibility index (Phi) is 4.26. The minimum atomic E-state index is -1.04. The molecular weight excluding hydrogens is 232 g/mol. The molecule has 4 nitrogen and oxygen atoms in total. The van der Waals surface area contributed by atoms with E-state index in [0.717, 1.165) is 22.8 Å². The first-order valence-corrected chi connectivity index (χ1v) is 5.53. The summed E-state index contributed by atoms with van der Waals surface area (Å²) in [5, 5.41) is 8.67. The standard InChI is InChI=1S/C14H16O4/c1-8-7-13(18-11(4)15)12(5-6-14(16)17)10(3)9(8)2/h5-7H,1-4H3,(H,16,17)/b6-5-. The van der Waals surface area contributed by atoms with Crippen molar-refractivity contribution in [2.75, 3.05) is 0 Å². The molecule has 1 rings (SSSR count). The van der Waals surface area contributed by atoms with Crippen LogP contribution in [0.5, 0.6) is 5.75 Å². The van der Waals surface area contributed by atoms with Crippen molar-refractivity contribution in [1.82, 2.24) is 0 Å². The highest BCUT2D eigenvalue weighted by molar-refractivity contribution is 5.87. The number of carbonyl (C=O) groups excluding carboxylic acids is 1. The monoisotopic (exact) mass is 248 g/mol. The van der Waals surface area contributed by atoms with E-state index >= 15 is 0 Å². The zero-order valence-corrected chi connectivity index (χ0v) is 10.9. The van der Waals surface area contributed by atoms with Gasteiger partial charge in [-0.3, -0.25) is 4.79 Å². The third-order valence-corrected chi connectivity index (χ3v) is 2.82. The van der Waals surface area contributed by atoms with E-state index in [4.69, 9.17) is 9.84 Å². The molecule has 0 saturated heterocycles. The molecule has 18 heavy (non-hydrogen) atoms. The van der Waals surface area contributed by atoms with Crippen molar-refractivity contribution < 1.29 is 19.4 Å². The molecule has 0 aliphatic rings. The average Bonchev–Trinajstić information content (AvgIpc) is 2.24. The smallest absolute Gasteiger partial charge is 0.328 e. The van der Waals surface area contributed by atoms with E-state index in [-0.39, 0.29) is 0 Å². The largest absolute Gasteiger partial charge is 0.478 e. The highest BCUT2D eigenvalue weighted by Gasteiger charge is 2.11. The highest BCUT2D eigenvalue weighted by atomic mass is 16.5. The van der Waals surface area contributed by atoms with Crippen LogP contribution >= 0.6 is 0 Å². The van der Waals surface area contributed by atoms with Gasteiger partial charge in [0.2, 0.25) is 0 Å². The molecule has 0 heterocycles. The molecule has 0 aliphatic heterocycles. The van der Waals surface area contributed by atoms with Gasteiger partial charge in [0.05, 0.1) is 0 Å². The van der Waals surface area contributed by atoms with Gasteiger partial charge in [0, 0.05) is 18.6 Å². The van der Waals surface area contributed by atoms with E-state index in [0.29, 0.717) is 11.3 Å². The molecule has 0 saturated carbocycles. The van der Waals surface area contributed by atoms with E-state index in [9.17, 15) is 9.59 Å². The topological polar surface area (TPSA) is 63.6 Å². The number of aryl methyl sites for hydroxylation is 1. The maximum Gasteiger partial charge on any atom is 0.328 e. The van der Waals surface area contributed by atoms with Crippen LogP contribution in [0.3, 0.4) is 0 Å². The molecular formula is C14H16O4. The van der Waals surface area contributed by atoms with Gasteiger partial charge in [-0.05, 0) is 49.6 Å². The van der Waals surface area contributed by atoms with Crippen molar-refractivity contribution in [2.24, 2.45) is 0 Å². The Morgan fingerprint density at radius 1 is 1.22 bits per heavy atom. The van der Waals surface area contributed by atoms with E-state index < -0.39 is 11.9 Å². The number of benzene rings is 1. The van der Waals surface area contributed by atoms with E-state index in [2.05, 4.69) is 0 Å². The number of esters is 1. The number of hydrogen-bond acceptors (Lipinski definition) is 3. The van der Waals surface area contributed by atoms with Crippen molar-refractivity contribution in [3.05, 3.63) is 34.4 Å². The first-order chi connectivity index (χ1) is 8.32. The summed E-state index contributed by atoms with van der Waals surface area (Å²) in [6.45, 7) is 7.05. The Hall–Kier alpha value is -2.10. The van der Waals surface area contributed by atoms with Crippen molar-refractivity contribution in [3.8, 4) is 5.75 Å². The second kappa shape index (κ2) is 5.49. The molecule has 1 aromatic rings. The number of carboxylic acids is 1. The SMILES string of the molecule is CC(=O)Oc1cc(C)c(C)c(C)c1/C=C\C(=O)O. The fourth-order valence-corrected chi connectivity index (χ4v) is 1.67. The fraction of sp³-hybridized carbons (Fsp3) is 0.286. The molecule has 0 fully saturated rings. The van der Waals surface area contributed by atoms with Crippen molar-refractivity contribution in [2.45, 2.75) is 27.7 Å². The van der Waals surface area contributed by atoms with E-state index in [1.807, 2.05) is 20.8 Å². The molecule has 1 N–H and O–H groups in total. The maximum atomic E-state index is 11.0. The van der Waals surface area contributed by atoms with Gasteiger partial charge in [-0.15, -0.1) is 0 Å². The summed E-state index contributed by atoms with van der Waals surface area (Å²) < 4.78 is 5.11. The van der Waals surface area contributed by atoms with Gasteiger partial charge in [-0.1, -0.05) is 0 Å². The summed E-state index contributed by atoms with van der Waals surface area (Å²) >= 11 is 0. The molecule has 0 amide bonds. The summed E-state index contributed by atoms with van der Waals surface area (Å²) in [7, 11) is 0. The summed E-state index contributed by atoms with van der Waals surface area (Å²) in [5.74, 6) is -1.08. The molecule has 0 atom stereocenters. The van der Waals surface area contributed by atoms with Crippen LogP contribution in [-0.2, 0) is 9.59 Å². The second-order valence-corrected chi connectivity index (χ2v) is 4.12. The van der Waals surface area contributed by atoms with Gasteiger partial charge in [-0.25, -0.2) is 4.79 Å². The van der Waals surface area contributed by atoms with Gasteiger partial charge in [0.1, 0.15) is 5.75 Å². The Balaban J connectivity index is 3.38. The van der Waals surface area contributed by atoms with Gasteiger partial charge in [0.15, 0.2) is 0 Å². The minimum absolute atomic E-state index is 0.389. The van der Waals surface area contributed by atoms with Crippen LogP contribution in [0.15, 0.2) is 12.1 Å². The van der Waals surface area contributed by atoms with Crippen LogP contribution < -0.4 is 4.74 Å². The first kappa shape index (κ1) is 14.0. The fourth-order valence-electron chi connectivity index (χ4n) is 1.67. The third kappa shape index (κ3) is 3.20. The molecule has 0 aliphatic carbocycles. The van der Waals surface area contributed by atoms with Crippen molar-refractivity contribution >= 4 is 18.0 Å². The lowest BCUT2D eigenvalue weighted by Gasteiger charge is -2.13. The third-order valence-electron chi connectivity index (χ3n) is 2.82. The molecule has 0 aromatic heterocycles. The lowest BCUT2D eigenvalue weighted by molar-refractivity contribution is -0.132. The van der Waals surface area contributed by atoms with Crippen LogP contribution in [0, 0.1) is 20.8 Å². The van der Waals surface area contributed by atoms with Gasteiger partial charge < -0.3 is 9.84 Å². The normalized spacial score (nSPS) is 10.7. The Labute approximate surface area is 106 Å². The Morgan fingerprint density at radius 2 is 1.83 bits per heavy atom. The van der Waals surface area contributed by atoms with E-state index in [1.165, 1.54) is 13.0 Å². The summed E-state index contributed by atoms with van der Waals surface area (Å²) in [6.07, 6.45) is 2.48. The van der Waals surface area contributed by atoms with E-state index in [1.54, 1.807) is 6.07 Å². The van der Waals surface area contributed by atoms with Crippen molar-refractivity contribution in [1.29, 1.82) is 0 Å². The molecule has 96 valence electrons. The quantitative estimate of drug-likeness (QED) is 0.507. The summed E-state index contributed by atoms with van der Waals surface area (Å²) in [4.78, 5) is 21.6. The lowest BCUT2D eigenvalue weighted by atomic mass is 9.97. The first-order valence-electron chi connectivity index (χ1n) is 5.53. The number of rotatable bonds is 3. The molecule has 0 spiro atoms. The van der Waals surface area contributed by atoms with Crippen LogP contribution in [0.4, 0.5) is 0 Å².